The SMILES string of the molecule is N#CCOc1ccc(CNc2ccc(Cl)cc2)cc1. The summed E-state index contributed by atoms with van der Waals surface area (Å²) in [5, 5.41) is 12.4. The molecule has 0 aliphatic rings. The average Bonchev–Trinajstić information content (AvgIpc) is 2.46. The third kappa shape index (κ3) is 4.20. The molecule has 2 aromatic rings. The minimum Gasteiger partial charge on any atom is -0.479 e. The summed E-state index contributed by atoms with van der Waals surface area (Å²) >= 11 is 5.82. The number of nitrogens with one attached hydrogen (secondary N) is 1. The van der Waals surface area contributed by atoms with E-state index in [-0.39, 0.29) is 6.61 Å². The predicted molar refractivity (Wildman–Crippen MR) is 76.3 cm³/mol. The van der Waals surface area contributed by atoms with Crippen LogP contribution in [-0.4, -0.2) is 6.61 Å². The maximum Gasteiger partial charge on any atom is 0.174 e. The van der Waals surface area contributed by atoms with E-state index < -0.39 is 0 Å². The smallest absolute Gasteiger partial charge is 0.174 e. The number of nitriles is 1. The van der Waals surface area contributed by atoms with Crippen molar-refractivity contribution in [3.05, 3.63) is 59.1 Å². The van der Waals surface area contributed by atoms with E-state index in [1.807, 2.05) is 54.6 Å². The largest absolute Gasteiger partial charge is 0.479 e. The van der Waals surface area contributed by atoms with Crippen LogP contribution < -0.4 is 10.1 Å². The molecule has 0 fully saturated rings. The lowest BCUT2D eigenvalue weighted by atomic mass is 10.2. The molecule has 0 spiro atoms. The van der Waals surface area contributed by atoms with Gasteiger partial charge in [0.1, 0.15) is 11.8 Å². The normalized spacial score (nSPS) is 9.68. The third-order valence-electron chi connectivity index (χ3n) is 2.57. The lowest BCUT2D eigenvalue weighted by molar-refractivity contribution is 0.368. The molecule has 96 valence electrons. The summed E-state index contributed by atoms with van der Waals surface area (Å²) in [6.45, 7) is 0.794. The number of nitrogens with zero attached hydrogens (tertiary/aromatic N) is 1. The van der Waals surface area contributed by atoms with Gasteiger partial charge in [-0.05, 0) is 42.0 Å². The van der Waals surface area contributed by atoms with Gasteiger partial charge in [-0.2, -0.15) is 5.26 Å². The summed E-state index contributed by atoms with van der Waals surface area (Å²) in [5.41, 5.74) is 2.16. The minimum atomic E-state index is 0.0718. The Bertz CT molecular complexity index is 558. The molecule has 0 aliphatic carbocycles. The van der Waals surface area contributed by atoms with Crippen molar-refractivity contribution in [1.29, 1.82) is 5.26 Å². The Morgan fingerprint density at radius 2 is 1.74 bits per heavy atom. The molecule has 0 amide bonds. The topological polar surface area (TPSA) is 45.0 Å². The van der Waals surface area contributed by atoms with Crippen LogP contribution in [0.3, 0.4) is 0 Å². The van der Waals surface area contributed by atoms with Crippen LogP contribution in [0.2, 0.25) is 5.02 Å². The number of hydrogen-bond acceptors (Lipinski definition) is 3. The zero-order chi connectivity index (χ0) is 13.5. The van der Waals surface area contributed by atoms with Gasteiger partial charge in [0.25, 0.3) is 0 Å². The second kappa shape index (κ2) is 6.67. The Morgan fingerprint density at radius 3 is 2.37 bits per heavy atom. The molecule has 0 aliphatic heterocycles. The molecule has 1 N–H and O–H groups in total. The van der Waals surface area contributed by atoms with E-state index in [4.69, 9.17) is 21.6 Å². The highest BCUT2D eigenvalue weighted by atomic mass is 35.5. The van der Waals surface area contributed by atoms with Crippen molar-refractivity contribution in [1.82, 2.24) is 0 Å². The molecule has 19 heavy (non-hydrogen) atoms. The number of benzene rings is 2. The standard InChI is InChI=1S/C15H13ClN2O/c16-13-3-5-14(6-4-13)18-11-12-1-7-15(8-2-12)19-10-9-17/h1-8,18H,10-11H2. The molecule has 2 rings (SSSR count). The summed E-state index contributed by atoms with van der Waals surface area (Å²) in [6, 6.07) is 17.2. The van der Waals surface area contributed by atoms with Crippen molar-refractivity contribution in [2.75, 3.05) is 11.9 Å². The molecule has 0 unspecified atom stereocenters. The average molecular weight is 273 g/mol. The monoisotopic (exact) mass is 272 g/mol. The molecule has 2 aromatic carbocycles. The van der Waals surface area contributed by atoms with Crippen LogP contribution in [0.1, 0.15) is 5.56 Å². The molecule has 0 radical (unpaired) electrons. The number of anilines is 1. The Kier molecular flexibility index (Phi) is 4.66. The van der Waals surface area contributed by atoms with Crippen LogP contribution in [0.4, 0.5) is 5.69 Å². The molecule has 0 heterocycles. The molecule has 4 heteroatoms. The van der Waals surface area contributed by atoms with Gasteiger partial charge in [-0.15, -0.1) is 0 Å². The summed E-state index contributed by atoms with van der Waals surface area (Å²) in [6.07, 6.45) is 0. The van der Waals surface area contributed by atoms with Crippen molar-refractivity contribution in [2.24, 2.45) is 0 Å². The van der Waals surface area contributed by atoms with Gasteiger partial charge in [0.2, 0.25) is 0 Å². The van der Waals surface area contributed by atoms with Crippen LogP contribution in [0.5, 0.6) is 5.75 Å². The van der Waals surface area contributed by atoms with Gasteiger partial charge < -0.3 is 10.1 Å². The zero-order valence-corrected chi connectivity index (χ0v) is 11.0. The quantitative estimate of drug-likeness (QED) is 0.899. The van der Waals surface area contributed by atoms with E-state index in [1.54, 1.807) is 0 Å². The third-order valence-corrected chi connectivity index (χ3v) is 2.82. The van der Waals surface area contributed by atoms with Gasteiger partial charge in [-0.25, -0.2) is 0 Å². The van der Waals surface area contributed by atoms with E-state index >= 15 is 0 Å². The van der Waals surface area contributed by atoms with Crippen molar-refractivity contribution in [3.63, 3.8) is 0 Å². The Morgan fingerprint density at radius 1 is 1.05 bits per heavy atom. The van der Waals surface area contributed by atoms with Gasteiger partial charge in [-0.3, -0.25) is 0 Å². The summed E-state index contributed by atoms with van der Waals surface area (Å²) in [4.78, 5) is 0. The second-order valence-corrected chi connectivity index (χ2v) is 4.39. The molecular formula is C15H13ClN2O. The van der Waals surface area contributed by atoms with Crippen molar-refractivity contribution in [3.8, 4) is 11.8 Å². The number of rotatable bonds is 5. The summed E-state index contributed by atoms with van der Waals surface area (Å²) in [5.74, 6) is 0.705. The van der Waals surface area contributed by atoms with Gasteiger partial charge in [0.15, 0.2) is 6.61 Å². The zero-order valence-electron chi connectivity index (χ0n) is 10.3. The molecule has 0 aromatic heterocycles. The fourth-order valence-corrected chi connectivity index (χ4v) is 1.72. The van der Waals surface area contributed by atoms with Crippen LogP contribution >= 0.6 is 11.6 Å². The first-order valence-corrected chi connectivity index (χ1v) is 6.24. The van der Waals surface area contributed by atoms with Crippen molar-refractivity contribution in [2.45, 2.75) is 6.54 Å². The van der Waals surface area contributed by atoms with Crippen LogP contribution in [0, 0.1) is 11.3 Å². The van der Waals surface area contributed by atoms with Gasteiger partial charge >= 0.3 is 0 Å². The molecule has 0 saturated carbocycles. The predicted octanol–water partition coefficient (Wildman–Crippen LogP) is 3.85. The maximum atomic E-state index is 8.42. The highest BCUT2D eigenvalue weighted by Gasteiger charge is 1.96. The fraction of sp³-hybridized carbons (Fsp3) is 0.133. The molecular weight excluding hydrogens is 260 g/mol. The highest BCUT2D eigenvalue weighted by Crippen LogP contribution is 2.16. The fourth-order valence-electron chi connectivity index (χ4n) is 1.59. The lowest BCUT2D eigenvalue weighted by Gasteiger charge is -2.07. The maximum absolute atomic E-state index is 8.42. The molecule has 3 nitrogen and oxygen atoms in total. The van der Waals surface area contributed by atoms with Gasteiger partial charge in [0.05, 0.1) is 0 Å². The molecule has 0 saturated heterocycles. The highest BCUT2D eigenvalue weighted by molar-refractivity contribution is 6.30. The van der Waals surface area contributed by atoms with Crippen LogP contribution in [0.15, 0.2) is 48.5 Å². The van der Waals surface area contributed by atoms with Gasteiger partial charge in [-0.1, -0.05) is 23.7 Å². The van der Waals surface area contributed by atoms with Gasteiger partial charge in [0, 0.05) is 17.3 Å². The second-order valence-electron chi connectivity index (χ2n) is 3.95. The first-order valence-electron chi connectivity index (χ1n) is 5.86. The first kappa shape index (κ1) is 13.3. The summed E-state index contributed by atoms with van der Waals surface area (Å²) < 4.78 is 5.19. The van der Waals surface area contributed by atoms with Crippen molar-refractivity contribution >= 4 is 17.3 Å². The Balaban J connectivity index is 1.89. The lowest BCUT2D eigenvalue weighted by Crippen LogP contribution is -1.99. The Labute approximate surface area is 117 Å². The summed E-state index contributed by atoms with van der Waals surface area (Å²) in [7, 11) is 0. The number of halogens is 1. The number of hydrogen-bond donors (Lipinski definition) is 1. The van der Waals surface area contributed by atoms with E-state index in [9.17, 15) is 0 Å². The van der Waals surface area contributed by atoms with E-state index in [2.05, 4.69) is 5.32 Å². The van der Waals surface area contributed by atoms with E-state index in [0.717, 1.165) is 22.8 Å². The Hall–Kier alpha value is -2.18. The van der Waals surface area contributed by atoms with E-state index in [0.29, 0.717) is 5.75 Å². The van der Waals surface area contributed by atoms with Crippen LogP contribution in [-0.2, 0) is 6.54 Å². The van der Waals surface area contributed by atoms with E-state index in [1.165, 1.54) is 0 Å². The molecule has 0 bridgehead atoms. The minimum absolute atomic E-state index is 0.0718. The molecule has 0 atom stereocenters. The van der Waals surface area contributed by atoms with Crippen molar-refractivity contribution < 1.29 is 4.74 Å². The van der Waals surface area contributed by atoms with Crippen LogP contribution in [0.25, 0.3) is 0 Å². The first-order chi connectivity index (χ1) is 9.28. The number of ether oxygens (including phenoxy) is 1.